The molecule has 0 aromatic carbocycles. The third kappa shape index (κ3) is 61.3. The zero-order valence-electron chi connectivity index (χ0n) is 23.0. The molecule has 15 nitrogen and oxygen atoms in total. The first-order valence-electron chi connectivity index (χ1n) is 12.5. The highest BCUT2D eigenvalue weighted by atomic mass is 16.5. The largest absolute Gasteiger partial charge is 0.481 e. The first-order chi connectivity index (χ1) is 18.3. The summed E-state index contributed by atoms with van der Waals surface area (Å²) < 4.78 is 4.63. The molecule has 1 unspecified atom stereocenters. The topological polar surface area (TPSA) is 280 Å². The highest BCUT2D eigenvalue weighted by Gasteiger charge is 2.24. The lowest BCUT2D eigenvalue weighted by atomic mass is 10.0. The van der Waals surface area contributed by atoms with Crippen LogP contribution in [0.15, 0.2) is 0 Å². The molecule has 0 spiro atoms. The number of rotatable bonds is 18. The number of hydrogen-bond donors (Lipinski definition) is 10. The first-order valence-corrected chi connectivity index (χ1v) is 12.5. The second-order valence-corrected chi connectivity index (χ2v) is 7.59. The summed E-state index contributed by atoms with van der Waals surface area (Å²) in [5, 5.41) is 81.1. The van der Waals surface area contributed by atoms with Gasteiger partial charge in [0.25, 0.3) is 0 Å². The Bertz CT molecular complexity index is 506. The van der Waals surface area contributed by atoms with E-state index in [0.29, 0.717) is 38.9 Å². The summed E-state index contributed by atoms with van der Waals surface area (Å²) in [5.74, 6) is -5.44. The fourth-order valence-electron chi connectivity index (χ4n) is 1.92. The van der Waals surface area contributed by atoms with E-state index in [0.717, 1.165) is 12.8 Å². The highest BCUT2D eigenvalue weighted by Crippen LogP contribution is 2.10. The molecule has 1 atom stereocenters. The molecule has 0 saturated heterocycles. The van der Waals surface area contributed by atoms with Gasteiger partial charge in [0.2, 0.25) is 0 Å². The fourth-order valence-corrected chi connectivity index (χ4v) is 1.92. The Kier molecular flexibility index (Phi) is 47.8. The van der Waals surface area contributed by atoms with E-state index >= 15 is 0 Å². The Morgan fingerprint density at radius 2 is 1.03 bits per heavy atom. The minimum Gasteiger partial charge on any atom is -0.481 e. The average Bonchev–Trinajstić information content (AvgIpc) is 2.85. The van der Waals surface area contributed by atoms with Crippen LogP contribution in [0, 0.1) is 5.92 Å². The Hall–Kier alpha value is -2.40. The van der Waals surface area contributed by atoms with Gasteiger partial charge in [0.05, 0.1) is 45.7 Å². The molecule has 0 aliphatic heterocycles. The number of carboxylic acid groups (broad SMARTS) is 4. The van der Waals surface area contributed by atoms with Gasteiger partial charge in [0.1, 0.15) is 0 Å². The van der Waals surface area contributed by atoms with E-state index in [1.165, 1.54) is 0 Å². The molecule has 15 heteroatoms. The molecule has 39 heavy (non-hydrogen) atoms. The molecule has 10 N–H and O–H groups in total. The summed E-state index contributed by atoms with van der Waals surface area (Å²) in [6, 6.07) is 0. The maximum Gasteiger partial charge on any atom is 0.317 e. The third-order valence-electron chi connectivity index (χ3n) is 3.84. The van der Waals surface area contributed by atoms with Crippen LogP contribution in [0.25, 0.3) is 0 Å². The van der Waals surface area contributed by atoms with Gasteiger partial charge in [-0.2, -0.15) is 0 Å². The van der Waals surface area contributed by atoms with Crippen LogP contribution >= 0.6 is 0 Å². The maximum absolute atomic E-state index is 10.4. The SMILES string of the molecule is CC(O)CCO.CCCCCC(C(=O)O)C(=O)O.O=C(O)CCCCC(=O)O.OCCO.OCCOCCO. The quantitative estimate of drug-likeness (QED) is 0.0743. The van der Waals surface area contributed by atoms with Gasteiger partial charge in [-0.15, -0.1) is 0 Å². The smallest absolute Gasteiger partial charge is 0.317 e. The van der Waals surface area contributed by atoms with Crippen LogP contribution in [-0.2, 0) is 23.9 Å². The van der Waals surface area contributed by atoms with E-state index in [1.54, 1.807) is 6.92 Å². The molecule has 0 aliphatic carbocycles. The van der Waals surface area contributed by atoms with E-state index in [-0.39, 0.29) is 58.4 Å². The molecular weight excluding hydrogens is 528 g/mol. The minimum atomic E-state index is -1.24. The predicted molar refractivity (Wildman–Crippen MR) is 139 cm³/mol. The summed E-state index contributed by atoms with van der Waals surface area (Å²) >= 11 is 0. The fraction of sp³-hybridized carbons (Fsp3) is 0.833. The Labute approximate surface area is 229 Å². The Morgan fingerprint density at radius 3 is 1.23 bits per heavy atom. The van der Waals surface area contributed by atoms with Crippen molar-refractivity contribution in [3.63, 3.8) is 0 Å². The van der Waals surface area contributed by atoms with E-state index < -0.39 is 29.8 Å². The molecule has 0 bridgehead atoms. The number of ether oxygens (including phenoxy) is 1. The standard InChI is InChI=1S/C8H14O4.C6H10O4.C4H10O3.C4H10O2.C2H6O2/c1-2-3-4-5-6(7(9)10)8(11)12;7-5(8)3-1-2-4-6(9)10;5-1-3-7-4-2-6;1-4(6)2-3-5;3-1-2-4/h6H,2-5H2,1H3,(H,9,10)(H,11,12);1-4H2,(H,7,8)(H,9,10);5-6H,1-4H2;4-6H,2-3H2,1H3;3-4H,1-2H2. The molecule has 236 valence electrons. The van der Waals surface area contributed by atoms with E-state index in [2.05, 4.69) is 4.74 Å². The van der Waals surface area contributed by atoms with Crippen molar-refractivity contribution in [1.82, 2.24) is 0 Å². The van der Waals surface area contributed by atoms with Gasteiger partial charge in [-0.05, 0) is 32.6 Å². The lowest BCUT2D eigenvalue weighted by Crippen LogP contribution is -2.23. The van der Waals surface area contributed by atoms with Crippen molar-refractivity contribution < 1.29 is 75.0 Å². The number of aliphatic hydroxyl groups is 6. The van der Waals surface area contributed by atoms with Crippen LogP contribution in [0.5, 0.6) is 0 Å². The van der Waals surface area contributed by atoms with Crippen molar-refractivity contribution in [3.8, 4) is 0 Å². The number of carboxylic acids is 4. The molecule has 0 aliphatic rings. The Balaban J connectivity index is -0.000000129. The number of unbranched alkanes of at least 4 members (excludes halogenated alkanes) is 3. The lowest BCUT2D eigenvalue weighted by molar-refractivity contribution is -0.155. The average molecular weight is 579 g/mol. The second kappa shape index (κ2) is 40.1. The zero-order valence-corrected chi connectivity index (χ0v) is 23.0. The number of aliphatic carboxylic acids is 4. The van der Waals surface area contributed by atoms with Gasteiger partial charge in [-0.3, -0.25) is 19.2 Å². The zero-order chi connectivity index (χ0) is 31.5. The summed E-state index contributed by atoms with van der Waals surface area (Å²) in [7, 11) is 0. The third-order valence-corrected chi connectivity index (χ3v) is 3.84. The van der Waals surface area contributed by atoms with Gasteiger partial charge in [-0.25, -0.2) is 0 Å². The van der Waals surface area contributed by atoms with E-state index in [9.17, 15) is 19.2 Å². The van der Waals surface area contributed by atoms with Gasteiger partial charge < -0.3 is 55.8 Å². The molecular formula is C24H50O15. The van der Waals surface area contributed by atoms with Crippen LogP contribution in [0.3, 0.4) is 0 Å². The summed E-state index contributed by atoms with van der Waals surface area (Å²) in [4.78, 5) is 40.5. The van der Waals surface area contributed by atoms with Gasteiger partial charge in [0.15, 0.2) is 5.92 Å². The molecule has 0 aromatic rings. The number of hydrogen-bond acceptors (Lipinski definition) is 11. The minimum absolute atomic E-state index is 0.0278. The summed E-state index contributed by atoms with van der Waals surface area (Å²) in [5.41, 5.74) is 0. The van der Waals surface area contributed by atoms with Gasteiger partial charge in [-0.1, -0.05) is 26.2 Å². The molecule has 0 amide bonds. The van der Waals surface area contributed by atoms with Crippen LogP contribution in [0.2, 0.25) is 0 Å². The van der Waals surface area contributed by atoms with Gasteiger partial charge >= 0.3 is 23.9 Å². The molecule has 0 saturated carbocycles. The number of aliphatic hydroxyl groups excluding tert-OH is 6. The van der Waals surface area contributed by atoms with Crippen molar-refractivity contribution >= 4 is 23.9 Å². The normalized spacial score (nSPS) is 10.2. The van der Waals surface area contributed by atoms with Crippen LogP contribution in [0.4, 0.5) is 0 Å². The van der Waals surface area contributed by atoms with Crippen molar-refractivity contribution in [3.05, 3.63) is 0 Å². The highest BCUT2D eigenvalue weighted by molar-refractivity contribution is 5.92. The van der Waals surface area contributed by atoms with Crippen molar-refractivity contribution in [2.45, 2.75) is 77.7 Å². The Morgan fingerprint density at radius 1 is 0.615 bits per heavy atom. The van der Waals surface area contributed by atoms with Crippen molar-refractivity contribution in [2.24, 2.45) is 5.92 Å². The van der Waals surface area contributed by atoms with Crippen molar-refractivity contribution in [1.29, 1.82) is 0 Å². The van der Waals surface area contributed by atoms with E-state index in [4.69, 9.17) is 51.1 Å². The first kappa shape index (κ1) is 46.5. The van der Waals surface area contributed by atoms with E-state index in [1.807, 2.05) is 6.92 Å². The number of carbonyl (C=O) groups is 4. The van der Waals surface area contributed by atoms with Crippen molar-refractivity contribution in [2.75, 3.05) is 46.2 Å². The molecule has 0 rings (SSSR count). The second-order valence-electron chi connectivity index (χ2n) is 7.59. The lowest BCUT2D eigenvalue weighted by Gasteiger charge is -2.05. The maximum atomic E-state index is 10.4. The van der Waals surface area contributed by atoms with Crippen LogP contribution < -0.4 is 0 Å². The molecule has 0 radical (unpaired) electrons. The summed E-state index contributed by atoms with van der Waals surface area (Å²) in [6.45, 7) is 4.16. The monoisotopic (exact) mass is 578 g/mol. The summed E-state index contributed by atoms with van der Waals surface area (Å²) in [6.07, 6.45) is 3.90. The van der Waals surface area contributed by atoms with Gasteiger partial charge in [0, 0.05) is 19.4 Å². The molecule has 0 fully saturated rings. The molecule has 0 heterocycles. The molecule has 0 aromatic heterocycles. The van der Waals surface area contributed by atoms with Crippen LogP contribution in [-0.4, -0.2) is 127 Å². The van der Waals surface area contributed by atoms with Crippen LogP contribution in [0.1, 0.15) is 71.6 Å². The predicted octanol–water partition coefficient (Wildman–Crippen LogP) is -0.224.